The van der Waals surface area contributed by atoms with Gasteiger partial charge in [-0.25, -0.2) is 0 Å². The molecule has 3 heterocycles. The molecule has 0 spiro atoms. The van der Waals surface area contributed by atoms with Crippen molar-refractivity contribution in [3.63, 3.8) is 0 Å². The molecule has 204 valence electrons. The Labute approximate surface area is 245 Å². The third-order valence-electron chi connectivity index (χ3n) is 8.86. The van der Waals surface area contributed by atoms with Crippen molar-refractivity contribution < 1.29 is 4.42 Å². The number of nitrogens with one attached hydrogen (secondary N) is 2. The van der Waals surface area contributed by atoms with E-state index in [0.29, 0.717) is 0 Å². The van der Waals surface area contributed by atoms with Gasteiger partial charge in [-0.2, -0.15) is 0 Å². The zero-order chi connectivity index (χ0) is 28.3. The van der Waals surface area contributed by atoms with Gasteiger partial charge in [0.2, 0.25) is 0 Å². The molecule has 1 aromatic heterocycles. The first kappa shape index (κ1) is 24.7. The number of nitrogens with zero attached hydrogens (tertiary/aromatic N) is 1. The quantitative estimate of drug-likeness (QED) is 0.239. The highest BCUT2D eigenvalue weighted by Gasteiger charge is 2.34. The smallest absolute Gasteiger partial charge is 0.145 e. The summed E-state index contributed by atoms with van der Waals surface area (Å²) >= 11 is 0. The van der Waals surface area contributed by atoms with Crippen LogP contribution in [0.15, 0.2) is 143 Å². The third-order valence-corrected chi connectivity index (χ3v) is 8.86. The van der Waals surface area contributed by atoms with E-state index >= 15 is 0 Å². The maximum absolute atomic E-state index is 5.85. The lowest BCUT2D eigenvalue weighted by molar-refractivity contribution is 0.574. The van der Waals surface area contributed by atoms with Gasteiger partial charge < -0.3 is 15.1 Å². The summed E-state index contributed by atoms with van der Waals surface area (Å²) < 4.78 is 5.85. The highest BCUT2D eigenvalue weighted by atomic mass is 16.3. The van der Waals surface area contributed by atoms with Crippen LogP contribution in [0.25, 0.3) is 33.2 Å². The van der Waals surface area contributed by atoms with Crippen molar-refractivity contribution in [3.05, 3.63) is 156 Å². The van der Waals surface area contributed by atoms with Gasteiger partial charge in [0.05, 0.1) is 18.0 Å². The summed E-state index contributed by atoms with van der Waals surface area (Å²) in [5.74, 6) is 0. The van der Waals surface area contributed by atoms with Crippen LogP contribution in [-0.4, -0.2) is 11.8 Å². The van der Waals surface area contributed by atoms with Gasteiger partial charge in [0.1, 0.15) is 11.7 Å². The Morgan fingerprint density at radius 3 is 2.36 bits per heavy atom. The molecular weight excluding hydrogens is 514 g/mol. The first-order chi connectivity index (χ1) is 20.6. The fourth-order valence-electron chi connectivity index (χ4n) is 6.63. The molecule has 0 radical (unpaired) electrons. The van der Waals surface area contributed by atoms with Crippen molar-refractivity contribution in [2.45, 2.75) is 31.5 Å². The van der Waals surface area contributed by atoms with Crippen LogP contribution in [0.1, 0.15) is 42.3 Å². The van der Waals surface area contributed by atoms with E-state index in [9.17, 15) is 0 Å². The van der Waals surface area contributed by atoms with E-state index in [-0.39, 0.29) is 17.6 Å². The summed E-state index contributed by atoms with van der Waals surface area (Å²) in [6.45, 7) is 4.68. The van der Waals surface area contributed by atoms with Crippen LogP contribution in [0.4, 0.5) is 0 Å². The normalized spacial score (nSPS) is 19.9. The Morgan fingerprint density at radius 2 is 1.55 bits per heavy atom. The molecular formula is C38H31N3O. The molecule has 4 aromatic carbocycles. The third kappa shape index (κ3) is 3.94. The van der Waals surface area contributed by atoms with Crippen LogP contribution in [0.3, 0.4) is 0 Å². The standard InChI is InChI=1S/C38H31N3O/c1-38(2)31-20-25(34-23-35(33-14-8-9-18-39-33)41-37(40-34)24-10-4-3-5-11-24)15-16-29(31)27-12-6-7-13-28(27)30-22-36-26(17-19-42-36)21-32(30)38/h3-23,33,37,39,41H,1-2H3. The molecule has 8 rings (SSSR count). The van der Waals surface area contributed by atoms with Crippen LogP contribution in [0, 0.1) is 0 Å². The van der Waals surface area contributed by atoms with Crippen molar-refractivity contribution in [1.82, 2.24) is 10.6 Å². The SMILES string of the molecule is CC1(C)c2cc(C3=NC(c4ccccc4)NC(C4C=CC=CN4)=C3)ccc2-c2ccccc2-c2cc3occc3cc21. The number of aliphatic imine (C=N–C) groups is 1. The van der Waals surface area contributed by atoms with Crippen LogP contribution in [-0.2, 0) is 5.41 Å². The van der Waals surface area contributed by atoms with Gasteiger partial charge in [0.15, 0.2) is 0 Å². The number of dihydropyridines is 1. The minimum Gasteiger partial charge on any atom is -0.464 e. The predicted octanol–water partition coefficient (Wildman–Crippen LogP) is 8.42. The van der Waals surface area contributed by atoms with Crippen LogP contribution in [0.5, 0.6) is 0 Å². The average molecular weight is 546 g/mol. The maximum Gasteiger partial charge on any atom is 0.145 e. The number of rotatable bonds is 3. The Bertz CT molecular complexity index is 1970. The Balaban J connectivity index is 1.32. The summed E-state index contributed by atoms with van der Waals surface area (Å²) in [5, 5.41) is 8.29. The summed E-state index contributed by atoms with van der Waals surface area (Å²) in [7, 11) is 0. The van der Waals surface area contributed by atoms with E-state index in [1.807, 2.05) is 18.3 Å². The molecule has 5 aromatic rings. The zero-order valence-electron chi connectivity index (χ0n) is 23.6. The minimum absolute atomic E-state index is 0.0557. The largest absolute Gasteiger partial charge is 0.464 e. The zero-order valence-corrected chi connectivity index (χ0v) is 23.6. The van der Waals surface area contributed by atoms with Crippen LogP contribution < -0.4 is 10.6 Å². The van der Waals surface area contributed by atoms with Crippen molar-refractivity contribution >= 4 is 16.7 Å². The van der Waals surface area contributed by atoms with Gasteiger partial charge in [-0.15, -0.1) is 0 Å². The molecule has 0 fully saturated rings. The van der Waals surface area contributed by atoms with Gasteiger partial charge in [-0.05, 0) is 81.6 Å². The first-order valence-corrected chi connectivity index (χ1v) is 14.5. The van der Waals surface area contributed by atoms with Crippen molar-refractivity contribution in [3.8, 4) is 22.3 Å². The lowest BCUT2D eigenvalue weighted by Crippen LogP contribution is -2.37. The molecule has 0 amide bonds. The molecule has 2 N–H and O–H groups in total. The molecule has 2 aliphatic heterocycles. The summed E-state index contributed by atoms with van der Waals surface area (Å²) in [4.78, 5) is 5.26. The van der Waals surface area contributed by atoms with E-state index in [2.05, 4.69) is 128 Å². The van der Waals surface area contributed by atoms with E-state index < -0.39 is 0 Å². The second kappa shape index (κ2) is 9.49. The average Bonchev–Trinajstić information content (AvgIpc) is 3.50. The molecule has 0 saturated carbocycles. The topological polar surface area (TPSA) is 49.6 Å². The lowest BCUT2D eigenvalue weighted by Gasteiger charge is -2.31. The lowest BCUT2D eigenvalue weighted by atomic mass is 9.74. The predicted molar refractivity (Wildman–Crippen MR) is 171 cm³/mol. The molecule has 3 aliphatic rings. The summed E-state index contributed by atoms with van der Waals surface area (Å²) in [5.41, 5.74) is 12.5. The molecule has 2 unspecified atom stereocenters. The van der Waals surface area contributed by atoms with Crippen molar-refractivity contribution in [2.75, 3.05) is 0 Å². The number of benzene rings is 4. The van der Waals surface area contributed by atoms with E-state index in [1.54, 1.807) is 6.26 Å². The number of hydrogen-bond acceptors (Lipinski definition) is 4. The Kier molecular flexibility index (Phi) is 5.58. The van der Waals surface area contributed by atoms with Crippen molar-refractivity contribution in [2.24, 2.45) is 4.99 Å². The highest BCUT2D eigenvalue weighted by Crippen LogP contribution is 2.50. The fraction of sp³-hybridized carbons (Fsp3) is 0.132. The van der Waals surface area contributed by atoms with E-state index in [4.69, 9.17) is 9.41 Å². The monoisotopic (exact) mass is 545 g/mol. The van der Waals surface area contributed by atoms with Crippen molar-refractivity contribution in [1.29, 1.82) is 0 Å². The van der Waals surface area contributed by atoms with Gasteiger partial charge >= 0.3 is 0 Å². The number of allylic oxidation sites excluding steroid dienone is 3. The molecule has 42 heavy (non-hydrogen) atoms. The van der Waals surface area contributed by atoms with Gasteiger partial charge in [0, 0.05) is 22.1 Å². The van der Waals surface area contributed by atoms with E-state index in [0.717, 1.165) is 33.5 Å². The molecule has 0 bridgehead atoms. The summed E-state index contributed by atoms with van der Waals surface area (Å²) in [6.07, 6.45) is 12.1. The highest BCUT2D eigenvalue weighted by molar-refractivity contribution is 6.10. The molecule has 1 aliphatic carbocycles. The van der Waals surface area contributed by atoms with Crippen LogP contribution >= 0.6 is 0 Å². The maximum atomic E-state index is 5.85. The van der Waals surface area contributed by atoms with Crippen LogP contribution in [0.2, 0.25) is 0 Å². The summed E-state index contributed by atoms with van der Waals surface area (Å²) in [6, 6.07) is 32.7. The second-order valence-corrected chi connectivity index (χ2v) is 11.7. The second-order valence-electron chi connectivity index (χ2n) is 11.7. The van der Waals surface area contributed by atoms with Gasteiger partial charge in [-0.1, -0.05) is 92.7 Å². The van der Waals surface area contributed by atoms with E-state index in [1.165, 1.54) is 33.4 Å². The molecule has 4 nitrogen and oxygen atoms in total. The number of furan rings is 1. The van der Waals surface area contributed by atoms with Gasteiger partial charge in [-0.3, -0.25) is 4.99 Å². The Hall–Kier alpha value is -5.09. The fourth-order valence-corrected chi connectivity index (χ4v) is 6.63. The Morgan fingerprint density at radius 1 is 0.762 bits per heavy atom. The molecule has 2 atom stereocenters. The first-order valence-electron chi connectivity index (χ1n) is 14.5. The number of fused-ring (bicyclic) bond motifs is 6. The minimum atomic E-state index is -0.261. The van der Waals surface area contributed by atoms with Gasteiger partial charge in [0.25, 0.3) is 0 Å². The molecule has 4 heteroatoms. The number of hydrogen-bond donors (Lipinski definition) is 2. The molecule has 0 saturated heterocycles.